The Balaban J connectivity index is 1.77. The number of hydrogen-bond donors (Lipinski definition) is 0. The van der Waals surface area contributed by atoms with Crippen LogP contribution in [0.2, 0.25) is 0 Å². The molecule has 0 radical (unpaired) electrons. The number of benzene rings is 1. The standard InChI is InChI=1S/C15H14F4N2O2/c16-12-4-3-10(15(17,18)19)7-11(12)14(23)21-6-5-20(8-21)13(22)9-1-2-9/h3-4,7,9H,1-2,5-6,8H2. The van der Waals surface area contributed by atoms with Crippen molar-refractivity contribution in [2.45, 2.75) is 19.0 Å². The van der Waals surface area contributed by atoms with E-state index in [4.69, 9.17) is 0 Å². The van der Waals surface area contributed by atoms with Gasteiger partial charge in [-0.05, 0) is 31.0 Å². The van der Waals surface area contributed by atoms with Gasteiger partial charge in [0.1, 0.15) is 5.82 Å². The van der Waals surface area contributed by atoms with Crippen LogP contribution in [0, 0.1) is 11.7 Å². The Bertz CT molecular complexity index is 655. The fourth-order valence-electron chi connectivity index (χ4n) is 2.56. The van der Waals surface area contributed by atoms with Gasteiger partial charge in [0.05, 0.1) is 17.8 Å². The summed E-state index contributed by atoms with van der Waals surface area (Å²) in [7, 11) is 0. The largest absolute Gasteiger partial charge is 0.416 e. The van der Waals surface area contributed by atoms with Crippen molar-refractivity contribution in [2.24, 2.45) is 5.92 Å². The summed E-state index contributed by atoms with van der Waals surface area (Å²) in [6.07, 6.45) is -3.00. The maximum Gasteiger partial charge on any atom is 0.416 e. The van der Waals surface area contributed by atoms with Crippen LogP contribution in [0.4, 0.5) is 17.6 Å². The second-order valence-corrected chi connectivity index (χ2v) is 5.78. The van der Waals surface area contributed by atoms with Crippen LogP contribution >= 0.6 is 0 Å². The Hall–Kier alpha value is -2.12. The van der Waals surface area contributed by atoms with Crippen molar-refractivity contribution in [1.82, 2.24) is 9.80 Å². The lowest BCUT2D eigenvalue weighted by molar-refractivity contribution is -0.137. The van der Waals surface area contributed by atoms with Crippen molar-refractivity contribution < 1.29 is 27.2 Å². The minimum atomic E-state index is -4.65. The summed E-state index contributed by atoms with van der Waals surface area (Å²) in [5, 5.41) is 0. The zero-order chi connectivity index (χ0) is 16.8. The highest BCUT2D eigenvalue weighted by atomic mass is 19.4. The second kappa shape index (κ2) is 5.50. The predicted molar refractivity (Wildman–Crippen MR) is 71.7 cm³/mol. The molecule has 2 amide bonds. The van der Waals surface area contributed by atoms with Gasteiger partial charge in [0.15, 0.2) is 0 Å². The number of rotatable bonds is 2. The van der Waals surface area contributed by atoms with Crippen LogP contribution in [-0.4, -0.2) is 41.4 Å². The Kier molecular flexibility index (Phi) is 3.77. The first kappa shape index (κ1) is 15.8. The minimum Gasteiger partial charge on any atom is -0.323 e. The van der Waals surface area contributed by atoms with Crippen molar-refractivity contribution in [3.63, 3.8) is 0 Å². The Labute approximate surface area is 129 Å². The van der Waals surface area contributed by atoms with E-state index in [1.165, 1.54) is 9.80 Å². The highest BCUT2D eigenvalue weighted by Gasteiger charge is 2.38. The second-order valence-electron chi connectivity index (χ2n) is 5.78. The van der Waals surface area contributed by atoms with E-state index < -0.39 is 29.0 Å². The van der Waals surface area contributed by atoms with Crippen molar-refractivity contribution in [1.29, 1.82) is 0 Å². The molecule has 3 rings (SSSR count). The van der Waals surface area contributed by atoms with Crippen LogP contribution in [0.3, 0.4) is 0 Å². The van der Waals surface area contributed by atoms with Crippen LogP contribution in [0.15, 0.2) is 18.2 Å². The molecule has 23 heavy (non-hydrogen) atoms. The molecule has 4 nitrogen and oxygen atoms in total. The zero-order valence-corrected chi connectivity index (χ0v) is 12.1. The van der Waals surface area contributed by atoms with Gasteiger partial charge in [-0.3, -0.25) is 9.59 Å². The predicted octanol–water partition coefficient (Wildman–Crippen LogP) is 2.50. The molecule has 0 spiro atoms. The molecule has 1 aromatic carbocycles. The summed E-state index contributed by atoms with van der Waals surface area (Å²) in [4.78, 5) is 26.9. The topological polar surface area (TPSA) is 40.6 Å². The number of amides is 2. The number of halogens is 4. The number of hydrogen-bond acceptors (Lipinski definition) is 2. The summed E-state index contributed by atoms with van der Waals surface area (Å²) in [5.74, 6) is -1.89. The van der Waals surface area contributed by atoms with E-state index in [1.807, 2.05) is 0 Å². The van der Waals surface area contributed by atoms with Gasteiger partial charge in [-0.15, -0.1) is 0 Å². The zero-order valence-electron chi connectivity index (χ0n) is 12.1. The van der Waals surface area contributed by atoms with Crippen LogP contribution in [0.1, 0.15) is 28.8 Å². The van der Waals surface area contributed by atoms with Crippen molar-refractivity contribution in [2.75, 3.05) is 19.8 Å². The first-order valence-electron chi connectivity index (χ1n) is 7.22. The number of carbonyl (C=O) groups excluding carboxylic acids is 2. The molecule has 2 aliphatic rings. The normalized spacial score (nSPS) is 18.4. The molecule has 8 heteroatoms. The molecule has 0 aromatic heterocycles. The van der Waals surface area contributed by atoms with Crippen LogP contribution in [-0.2, 0) is 11.0 Å². The lowest BCUT2D eigenvalue weighted by Crippen LogP contribution is -2.35. The molecule has 1 saturated heterocycles. The van der Waals surface area contributed by atoms with E-state index in [0.29, 0.717) is 24.7 Å². The summed E-state index contributed by atoms with van der Waals surface area (Å²) in [6.45, 7) is 0.498. The van der Waals surface area contributed by atoms with Gasteiger partial charge in [0, 0.05) is 19.0 Å². The third kappa shape index (κ3) is 3.16. The van der Waals surface area contributed by atoms with Crippen LogP contribution in [0.5, 0.6) is 0 Å². The van der Waals surface area contributed by atoms with Crippen LogP contribution < -0.4 is 0 Å². The Morgan fingerprint density at radius 1 is 1.09 bits per heavy atom. The average molecular weight is 330 g/mol. The van der Waals surface area contributed by atoms with Gasteiger partial charge < -0.3 is 9.80 Å². The molecular weight excluding hydrogens is 316 g/mol. The lowest BCUT2D eigenvalue weighted by atomic mass is 10.1. The van der Waals surface area contributed by atoms with E-state index in [2.05, 4.69) is 0 Å². The summed E-state index contributed by atoms with van der Waals surface area (Å²) in [6, 6.07) is 1.75. The fraction of sp³-hybridized carbons (Fsp3) is 0.467. The highest BCUT2D eigenvalue weighted by molar-refractivity contribution is 5.95. The molecule has 0 N–H and O–H groups in total. The van der Waals surface area contributed by atoms with Gasteiger partial charge in [-0.2, -0.15) is 13.2 Å². The molecule has 1 heterocycles. The Morgan fingerprint density at radius 2 is 1.74 bits per heavy atom. The van der Waals surface area contributed by atoms with E-state index in [-0.39, 0.29) is 25.0 Å². The lowest BCUT2D eigenvalue weighted by Gasteiger charge is -2.19. The number of nitrogens with zero attached hydrogens (tertiary/aromatic N) is 2. The summed E-state index contributed by atoms with van der Waals surface area (Å²) in [5.41, 5.74) is -1.70. The quantitative estimate of drug-likeness (QED) is 0.782. The number of alkyl halides is 3. The monoisotopic (exact) mass is 330 g/mol. The molecule has 1 aliphatic heterocycles. The fourth-order valence-corrected chi connectivity index (χ4v) is 2.56. The van der Waals surface area contributed by atoms with Gasteiger partial charge in [0.25, 0.3) is 5.91 Å². The van der Waals surface area contributed by atoms with Gasteiger partial charge in [-0.25, -0.2) is 4.39 Å². The van der Waals surface area contributed by atoms with E-state index in [0.717, 1.165) is 12.8 Å². The number of carbonyl (C=O) groups is 2. The molecule has 124 valence electrons. The molecule has 1 aliphatic carbocycles. The molecule has 1 aromatic rings. The van der Waals surface area contributed by atoms with Gasteiger partial charge >= 0.3 is 6.18 Å². The van der Waals surface area contributed by atoms with Gasteiger partial charge in [0.2, 0.25) is 5.91 Å². The van der Waals surface area contributed by atoms with Gasteiger partial charge in [-0.1, -0.05) is 0 Å². The SMILES string of the molecule is O=C(c1cc(C(F)(F)F)ccc1F)N1CCN(C(=O)C2CC2)C1. The van der Waals surface area contributed by atoms with Crippen molar-refractivity contribution in [3.05, 3.63) is 35.1 Å². The molecule has 0 unspecified atom stereocenters. The Morgan fingerprint density at radius 3 is 2.35 bits per heavy atom. The molecule has 0 bridgehead atoms. The maximum absolute atomic E-state index is 13.8. The molecule has 1 saturated carbocycles. The summed E-state index contributed by atoms with van der Waals surface area (Å²) < 4.78 is 51.9. The molecular formula is C15H14F4N2O2. The van der Waals surface area contributed by atoms with Crippen molar-refractivity contribution in [3.8, 4) is 0 Å². The minimum absolute atomic E-state index is 0.00431. The summed E-state index contributed by atoms with van der Waals surface area (Å²) >= 11 is 0. The van der Waals surface area contributed by atoms with E-state index >= 15 is 0 Å². The molecule has 0 atom stereocenters. The first-order valence-corrected chi connectivity index (χ1v) is 7.22. The third-order valence-corrected chi connectivity index (χ3v) is 4.03. The van der Waals surface area contributed by atoms with Crippen molar-refractivity contribution >= 4 is 11.8 Å². The smallest absolute Gasteiger partial charge is 0.323 e. The first-order chi connectivity index (χ1) is 10.8. The van der Waals surface area contributed by atoms with E-state index in [1.54, 1.807) is 0 Å². The average Bonchev–Trinajstić information content (AvgIpc) is 3.22. The highest BCUT2D eigenvalue weighted by Crippen LogP contribution is 2.33. The van der Waals surface area contributed by atoms with E-state index in [9.17, 15) is 27.2 Å². The molecule has 2 fully saturated rings. The third-order valence-electron chi connectivity index (χ3n) is 4.03. The van der Waals surface area contributed by atoms with Crippen LogP contribution in [0.25, 0.3) is 0 Å². The maximum atomic E-state index is 13.8.